The Morgan fingerprint density at radius 1 is 1.10 bits per heavy atom. The third kappa shape index (κ3) is 2.76. The van der Waals surface area contributed by atoms with Crippen molar-refractivity contribution in [2.75, 3.05) is 13.1 Å². The number of aliphatic carboxylic acids is 1. The maximum Gasteiger partial charge on any atom is 0.471 e. The normalized spacial score (nSPS) is 26.6. The van der Waals surface area contributed by atoms with E-state index in [9.17, 15) is 27.9 Å². The molecule has 2 rings (SSSR count). The van der Waals surface area contributed by atoms with Gasteiger partial charge in [0.1, 0.15) is 0 Å². The average molecular weight is 293 g/mol. The minimum atomic E-state index is -4.84. The van der Waals surface area contributed by atoms with Crippen LogP contribution in [0.1, 0.15) is 38.5 Å². The number of piperidine rings is 1. The lowest BCUT2D eigenvalue weighted by Gasteiger charge is -2.47. The number of hydrogen-bond acceptors (Lipinski definition) is 2. The standard InChI is InChI=1S/C13H18F3NO3/c14-13(15,16)11(20)17-7-5-12(6-8-17)4-2-1-3-9(12)10(18)19/h9H,1-8H2,(H,18,19). The minimum Gasteiger partial charge on any atom is -0.481 e. The molecule has 20 heavy (non-hydrogen) atoms. The summed E-state index contributed by atoms with van der Waals surface area (Å²) in [6.07, 6.45) is -1.05. The highest BCUT2D eigenvalue weighted by molar-refractivity contribution is 5.82. The fourth-order valence-electron chi connectivity index (χ4n) is 3.62. The van der Waals surface area contributed by atoms with Crippen molar-refractivity contribution in [3.8, 4) is 0 Å². The number of nitrogens with zero attached hydrogens (tertiary/aromatic N) is 1. The van der Waals surface area contributed by atoms with Crippen LogP contribution < -0.4 is 0 Å². The van der Waals surface area contributed by atoms with Crippen LogP contribution in [-0.4, -0.2) is 41.1 Å². The number of rotatable bonds is 1. The second-order valence-electron chi connectivity index (χ2n) is 5.79. The third-order valence-corrected chi connectivity index (χ3v) is 4.74. The summed E-state index contributed by atoms with van der Waals surface area (Å²) in [7, 11) is 0. The van der Waals surface area contributed by atoms with E-state index in [2.05, 4.69) is 0 Å². The highest BCUT2D eigenvalue weighted by Gasteiger charge is 2.49. The van der Waals surface area contributed by atoms with Gasteiger partial charge in [-0.25, -0.2) is 0 Å². The van der Waals surface area contributed by atoms with Crippen LogP contribution in [0.4, 0.5) is 13.2 Å². The predicted octanol–water partition coefficient (Wildman–Crippen LogP) is 2.43. The molecule has 0 aromatic heterocycles. The van der Waals surface area contributed by atoms with Crippen LogP contribution in [0.15, 0.2) is 0 Å². The molecule has 1 saturated carbocycles. The van der Waals surface area contributed by atoms with Gasteiger partial charge in [-0.2, -0.15) is 13.2 Å². The van der Waals surface area contributed by atoms with Crippen LogP contribution in [0.2, 0.25) is 0 Å². The predicted molar refractivity (Wildman–Crippen MR) is 63.9 cm³/mol. The molecule has 114 valence electrons. The van der Waals surface area contributed by atoms with Crippen LogP contribution in [0.25, 0.3) is 0 Å². The van der Waals surface area contributed by atoms with Crippen molar-refractivity contribution in [3.63, 3.8) is 0 Å². The molecule has 1 atom stereocenters. The van der Waals surface area contributed by atoms with Gasteiger partial charge in [0, 0.05) is 13.1 Å². The Labute approximate surface area is 114 Å². The summed E-state index contributed by atoms with van der Waals surface area (Å²) < 4.78 is 37.2. The molecule has 1 aliphatic carbocycles. The van der Waals surface area contributed by atoms with Crippen molar-refractivity contribution in [2.24, 2.45) is 11.3 Å². The van der Waals surface area contributed by atoms with Crippen LogP contribution in [-0.2, 0) is 9.59 Å². The first-order valence-corrected chi connectivity index (χ1v) is 6.85. The molecule has 0 aromatic carbocycles. The van der Waals surface area contributed by atoms with E-state index in [1.807, 2.05) is 0 Å². The Kier molecular flexibility index (Phi) is 3.97. The fraction of sp³-hybridized carbons (Fsp3) is 0.846. The van der Waals surface area contributed by atoms with Crippen molar-refractivity contribution in [2.45, 2.75) is 44.7 Å². The lowest BCUT2D eigenvalue weighted by molar-refractivity contribution is -0.188. The Bertz CT molecular complexity index is 400. The molecule has 7 heteroatoms. The summed E-state index contributed by atoms with van der Waals surface area (Å²) in [6.45, 7) is 0.00421. The van der Waals surface area contributed by atoms with Crippen molar-refractivity contribution in [3.05, 3.63) is 0 Å². The number of likely N-dealkylation sites (tertiary alicyclic amines) is 1. The number of hydrogen-bond donors (Lipinski definition) is 1. The van der Waals surface area contributed by atoms with Gasteiger partial charge in [0.15, 0.2) is 0 Å². The molecule has 1 heterocycles. The number of carboxylic acid groups (broad SMARTS) is 1. The van der Waals surface area contributed by atoms with Crippen molar-refractivity contribution < 1.29 is 27.9 Å². The van der Waals surface area contributed by atoms with E-state index in [-0.39, 0.29) is 13.1 Å². The van der Waals surface area contributed by atoms with Gasteiger partial charge in [0.25, 0.3) is 0 Å². The quantitative estimate of drug-likeness (QED) is 0.808. The molecular formula is C13H18F3NO3. The summed E-state index contributed by atoms with van der Waals surface area (Å²) in [5.74, 6) is -3.16. The van der Waals surface area contributed by atoms with Gasteiger partial charge in [-0.1, -0.05) is 12.8 Å². The number of carboxylic acids is 1. The molecule has 2 aliphatic rings. The number of amides is 1. The topological polar surface area (TPSA) is 57.6 Å². The molecule has 0 radical (unpaired) electrons. The van der Waals surface area contributed by atoms with Crippen LogP contribution in [0, 0.1) is 11.3 Å². The SMILES string of the molecule is O=C(O)C1CCCCC12CCN(C(=O)C(F)(F)F)CC2. The molecule has 1 amide bonds. The van der Waals surface area contributed by atoms with Crippen LogP contribution >= 0.6 is 0 Å². The zero-order valence-corrected chi connectivity index (χ0v) is 11.1. The smallest absolute Gasteiger partial charge is 0.471 e. The number of carbonyl (C=O) groups is 2. The van der Waals surface area contributed by atoms with Gasteiger partial charge in [0.05, 0.1) is 5.92 Å². The average Bonchev–Trinajstić information content (AvgIpc) is 2.38. The van der Waals surface area contributed by atoms with Gasteiger partial charge < -0.3 is 10.0 Å². The Balaban J connectivity index is 2.05. The second kappa shape index (κ2) is 5.26. The van der Waals surface area contributed by atoms with E-state index in [0.717, 1.165) is 24.2 Å². The van der Waals surface area contributed by atoms with Gasteiger partial charge in [0.2, 0.25) is 0 Å². The molecule has 0 aromatic rings. The Morgan fingerprint density at radius 2 is 1.70 bits per heavy atom. The van der Waals surface area contributed by atoms with Crippen molar-refractivity contribution >= 4 is 11.9 Å². The van der Waals surface area contributed by atoms with Gasteiger partial charge in [-0.15, -0.1) is 0 Å². The highest BCUT2D eigenvalue weighted by Crippen LogP contribution is 2.49. The molecule has 1 saturated heterocycles. The lowest BCUT2D eigenvalue weighted by Crippen LogP contribution is -2.51. The first-order chi connectivity index (χ1) is 9.26. The van der Waals surface area contributed by atoms with Crippen molar-refractivity contribution in [1.29, 1.82) is 0 Å². The van der Waals surface area contributed by atoms with E-state index in [1.165, 1.54) is 0 Å². The van der Waals surface area contributed by atoms with Crippen molar-refractivity contribution in [1.82, 2.24) is 4.90 Å². The molecule has 2 fully saturated rings. The van der Waals surface area contributed by atoms with Gasteiger partial charge in [-0.3, -0.25) is 9.59 Å². The minimum absolute atomic E-state index is 0.00211. The Hall–Kier alpha value is -1.27. The summed E-state index contributed by atoms with van der Waals surface area (Å²) in [4.78, 5) is 23.3. The maximum atomic E-state index is 12.4. The first-order valence-electron chi connectivity index (χ1n) is 6.85. The Morgan fingerprint density at radius 3 is 2.20 bits per heavy atom. The monoisotopic (exact) mass is 293 g/mol. The number of alkyl halides is 3. The molecule has 1 spiro atoms. The van der Waals surface area contributed by atoms with Gasteiger partial charge in [-0.05, 0) is 31.1 Å². The molecule has 0 bridgehead atoms. The summed E-state index contributed by atoms with van der Waals surface area (Å²) in [6, 6.07) is 0. The molecular weight excluding hydrogens is 275 g/mol. The van der Waals surface area contributed by atoms with E-state index in [0.29, 0.717) is 19.3 Å². The summed E-state index contributed by atoms with van der Waals surface area (Å²) in [5.41, 5.74) is -0.424. The van der Waals surface area contributed by atoms with E-state index in [1.54, 1.807) is 0 Å². The molecule has 4 nitrogen and oxygen atoms in total. The third-order valence-electron chi connectivity index (χ3n) is 4.74. The van der Waals surface area contributed by atoms with Gasteiger partial charge >= 0.3 is 18.1 Å². The molecule has 1 N–H and O–H groups in total. The molecule has 1 unspecified atom stereocenters. The number of halogens is 3. The second-order valence-corrected chi connectivity index (χ2v) is 5.79. The maximum absolute atomic E-state index is 12.4. The van der Waals surface area contributed by atoms with E-state index < -0.39 is 29.4 Å². The van der Waals surface area contributed by atoms with Crippen LogP contribution in [0.3, 0.4) is 0 Å². The van der Waals surface area contributed by atoms with E-state index in [4.69, 9.17) is 0 Å². The zero-order valence-electron chi connectivity index (χ0n) is 11.1. The largest absolute Gasteiger partial charge is 0.481 e. The zero-order chi connectivity index (χ0) is 15.0. The molecule has 1 aliphatic heterocycles. The lowest BCUT2D eigenvalue weighted by atomic mass is 9.61. The van der Waals surface area contributed by atoms with Crippen LogP contribution in [0.5, 0.6) is 0 Å². The first kappa shape index (κ1) is 15.1. The number of carbonyl (C=O) groups excluding carboxylic acids is 1. The van der Waals surface area contributed by atoms with E-state index >= 15 is 0 Å². The fourth-order valence-corrected chi connectivity index (χ4v) is 3.62. The summed E-state index contributed by atoms with van der Waals surface area (Å²) in [5, 5.41) is 9.30. The highest BCUT2D eigenvalue weighted by atomic mass is 19.4. The summed E-state index contributed by atoms with van der Waals surface area (Å²) >= 11 is 0.